The maximum absolute atomic E-state index is 12.4. The van der Waals surface area contributed by atoms with Gasteiger partial charge in [-0.15, -0.1) is 13.2 Å². The van der Waals surface area contributed by atoms with Crippen molar-refractivity contribution in [3.8, 4) is 5.88 Å². The van der Waals surface area contributed by atoms with Gasteiger partial charge in [0.25, 0.3) is 6.43 Å². The van der Waals surface area contributed by atoms with Crippen LogP contribution in [-0.2, 0) is 6.61 Å². The molecule has 0 saturated heterocycles. The molecule has 0 fully saturated rings. The first-order chi connectivity index (χ1) is 7.74. The van der Waals surface area contributed by atoms with Gasteiger partial charge in [0.15, 0.2) is 0 Å². The van der Waals surface area contributed by atoms with Crippen molar-refractivity contribution >= 4 is 15.9 Å². The molecular weight excluding hydrogens is 317 g/mol. The SMILES string of the molecule is OCc1cc(C(F)F)c(Br)nc1OC(F)(F)F. The topological polar surface area (TPSA) is 42.4 Å². The van der Waals surface area contributed by atoms with E-state index in [4.69, 9.17) is 5.11 Å². The van der Waals surface area contributed by atoms with Crippen molar-refractivity contribution < 1.29 is 31.8 Å². The summed E-state index contributed by atoms with van der Waals surface area (Å²) in [6.07, 6.45) is -7.94. The zero-order valence-electron chi connectivity index (χ0n) is 7.93. The number of ether oxygens (including phenoxy) is 1. The van der Waals surface area contributed by atoms with Crippen molar-refractivity contribution in [2.45, 2.75) is 19.4 Å². The molecule has 1 rings (SSSR count). The summed E-state index contributed by atoms with van der Waals surface area (Å²) in [7, 11) is 0. The first-order valence-corrected chi connectivity index (χ1v) is 4.88. The van der Waals surface area contributed by atoms with Gasteiger partial charge in [-0.1, -0.05) is 0 Å². The van der Waals surface area contributed by atoms with Crippen LogP contribution in [0.5, 0.6) is 5.88 Å². The van der Waals surface area contributed by atoms with Crippen LogP contribution in [0, 0.1) is 0 Å². The highest BCUT2D eigenvalue weighted by Gasteiger charge is 2.33. The monoisotopic (exact) mass is 321 g/mol. The van der Waals surface area contributed by atoms with Gasteiger partial charge in [-0.2, -0.15) is 0 Å². The third-order valence-electron chi connectivity index (χ3n) is 1.66. The second-order valence-corrected chi connectivity index (χ2v) is 3.59. The molecule has 96 valence electrons. The van der Waals surface area contributed by atoms with Gasteiger partial charge < -0.3 is 9.84 Å². The van der Waals surface area contributed by atoms with E-state index in [0.29, 0.717) is 6.07 Å². The van der Waals surface area contributed by atoms with Crippen LogP contribution in [0.3, 0.4) is 0 Å². The molecule has 1 aromatic rings. The van der Waals surface area contributed by atoms with E-state index in [0.717, 1.165) is 0 Å². The number of nitrogens with zero attached hydrogens (tertiary/aromatic N) is 1. The minimum absolute atomic E-state index is 0.469. The van der Waals surface area contributed by atoms with Gasteiger partial charge in [0, 0.05) is 5.56 Å². The van der Waals surface area contributed by atoms with Crippen LogP contribution in [0.1, 0.15) is 17.6 Å². The van der Waals surface area contributed by atoms with Gasteiger partial charge in [0.05, 0.1) is 12.2 Å². The lowest BCUT2D eigenvalue weighted by Crippen LogP contribution is -2.19. The second-order valence-electron chi connectivity index (χ2n) is 2.84. The smallest absolute Gasteiger partial charge is 0.391 e. The Morgan fingerprint density at radius 1 is 1.41 bits per heavy atom. The lowest BCUT2D eigenvalue weighted by molar-refractivity contribution is -0.276. The fourth-order valence-electron chi connectivity index (χ4n) is 0.999. The average molecular weight is 322 g/mol. The van der Waals surface area contributed by atoms with Crippen LogP contribution in [0.2, 0.25) is 0 Å². The molecule has 0 aliphatic carbocycles. The third-order valence-corrected chi connectivity index (χ3v) is 2.30. The van der Waals surface area contributed by atoms with Crippen molar-refractivity contribution in [1.82, 2.24) is 4.98 Å². The van der Waals surface area contributed by atoms with Gasteiger partial charge in [-0.05, 0) is 22.0 Å². The highest BCUT2D eigenvalue weighted by Crippen LogP contribution is 2.32. The first kappa shape index (κ1) is 14.1. The van der Waals surface area contributed by atoms with E-state index < -0.39 is 41.0 Å². The van der Waals surface area contributed by atoms with Gasteiger partial charge in [0.1, 0.15) is 4.60 Å². The summed E-state index contributed by atoms with van der Waals surface area (Å²) in [4.78, 5) is 3.18. The normalized spacial score (nSPS) is 12.0. The minimum Gasteiger partial charge on any atom is -0.391 e. The van der Waals surface area contributed by atoms with Gasteiger partial charge in [-0.25, -0.2) is 13.8 Å². The van der Waals surface area contributed by atoms with Crippen molar-refractivity contribution in [2.75, 3.05) is 0 Å². The highest BCUT2D eigenvalue weighted by molar-refractivity contribution is 9.10. The molecule has 1 heterocycles. The maximum atomic E-state index is 12.4. The summed E-state index contributed by atoms with van der Waals surface area (Å²) in [6.45, 7) is -0.897. The largest absolute Gasteiger partial charge is 0.574 e. The number of rotatable bonds is 3. The molecule has 0 amide bonds. The molecule has 0 radical (unpaired) electrons. The molecule has 0 unspecified atom stereocenters. The van der Waals surface area contributed by atoms with Crippen LogP contribution in [0.4, 0.5) is 22.0 Å². The average Bonchev–Trinajstić information content (AvgIpc) is 2.14. The van der Waals surface area contributed by atoms with Crippen LogP contribution >= 0.6 is 15.9 Å². The predicted molar refractivity (Wildman–Crippen MR) is 49.5 cm³/mol. The summed E-state index contributed by atoms with van der Waals surface area (Å²) in [5.74, 6) is -0.962. The number of aliphatic hydroxyl groups is 1. The molecule has 0 bridgehead atoms. The maximum Gasteiger partial charge on any atom is 0.574 e. The summed E-state index contributed by atoms with van der Waals surface area (Å²) in [5.41, 5.74) is -1.09. The minimum atomic E-state index is -5.01. The van der Waals surface area contributed by atoms with E-state index >= 15 is 0 Å². The molecule has 17 heavy (non-hydrogen) atoms. The van der Waals surface area contributed by atoms with Crippen LogP contribution in [-0.4, -0.2) is 16.5 Å². The summed E-state index contributed by atoms with van der Waals surface area (Å²) in [5, 5.41) is 8.76. The molecule has 9 heteroatoms. The molecule has 1 aromatic heterocycles. The number of pyridine rings is 1. The van der Waals surface area contributed by atoms with Crippen molar-refractivity contribution in [3.05, 3.63) is 21.8 Å². The Morgan fingerprint density at radius 2 is 2.00 bits per heavy atom. The van der Waals surface area contributed by atoms with Crippen molar-refractivity contribution in [2.24, 2.45) is 0 Å². The number of hydrogen-bond acceptors (Lipinski definition) is 3. The number of alkyl halides is 5. The lowest BCUT2D eigenvalue weighted by atomic mass is 10.2. The number of halogens is 6. The molecule has 0 aliphatic heterocycles. The quantitative estimate of drug-likeness (QED) is 0.687. The third kappa shape index (κ3) is 3.77. The summed E-state index contributed by atoms with van der Waals surface area (Å²) >= 11 is 2.60. The van der Waals surface area contributed by atoms with E-state index in [1.807, 2.05) is 0 Å². The van der Waals surface area contributed by atoms with Gasteiger partial charge in [-0.3, -0.25) is 0 Å². The van der Waals surface area contributed by atoms with E-state index in [9.17, 15) is 22.0 Å². The van der Waals surface area contributed by atoms with E-state index in [1.165, 1.54) is 0 Å². The molecule has 1 N–H and O–H groups in total. The molecule has 0 spiro atoms. The van der Waals surface area contributed by atoms with Gasteiger partial charge >= 0.3 is 6.36 Å². The first-order valence-electron chi connectivity index (χ1n) is 4.08. The number of hydrogen-bond donors (Lipinski definition) is 1. The Bertz CT molecular complexity index is 410. The lowest BCUT2D eigenvalue weighted by Gasteiger charge is -2.13. The van der Waals surface area contributed by atoms with Crippen LogP contribution < -0.4 is 4.74 Å². The Balaban J connectivity index is 3.19. The van der Waals surface area contributed by atoms with Gasteiger partial charge in [0.2, 0.25) is 5.88 Å². The molecule has 3 nitrogen and oxygen atoms in total. The summed E-state index contributed by atoms with van der Waals surface area (Å²) in [6, 6.07) is 0.697. The zero-order valence-corrected chi connectivity index (χ0v) is 9.52. The Labute approximate surface area is 100 Å². The molecular formula is C8H5BrF5NO2. The fourth-order valence-corrected chi connectivity index (χ4v) is 1.45. The second kappa shape index (κ2) is 5.13. The Kier molecular flexibility index (Phi) is 4.26. The predicted octanol–water partition coefficient (Wildman–Crippen LogP) is 3.17. The van der Waals surface area contributed by atoms with Crippen molar-refractivity contribution in [3.63, 3.8) is 0 Å². The van der Waals surface area contributed by atoms with Crippen LogP contribution in [0.25, 0.3) is 0 Å². The van der Waals surface area contributed by atoms with E-state index in [1.54, 1.807) is 0 Å². The fraction of sp³-hybridized carbons (Fsp3) is 0.375. The van der Waals surface area contributed by atoms with E-state index in [-0.39, 0.29) is 0 Å². The Morgan fingerprint density at radius 3 is 2.41 bits per heavy atom. The molecule has 0 saturated carbocycles. The highest BCUT2D eigenvalue weighted by atomic mass is 79.9. The molecule has 0 aliphatic rings. The van der Waals surface area contributed by atoms with E-state index in [2.05, 4.69) is 25.7 Å². The summed E-state index contributed by atoms with van der Waals surface area (Å²) < 4.78 is 63.6. The zero-order chi connectivity index (χ0) is 13.2. The van der Waals surface area contributed by atoms with Crippen LogP contribution in [0.15, 0.2) is 10.7 Å². The Hall–Kier alpha value is -0.960. The molecule has 0 atom stereocenters. The number of aliphatic hydroxyl groups excluding tert-OH is 1. The molecule has 0 aromatic carbocycles. The van der Waals surface area contributed by atoms with Crippen molar-refractivity contribution in [1.29, 1.82) is 0 Å². The number of aromatic nitrogens is 1. The standard InChI is InChI=1S/C8H5BrF5NO2/c9-5-4(6(10)11)1-3(2-16)7(15-5)17-8(12,13)14/h1,6,16H,2H2.